The second-order valence-corrected chi connectivity index (χ2v) is 7.18. The summed E-state index contributed by atoms with van der Waals surface area (Å²) in [5.41, 5.74) is 2.24. The van der Waals surface area contributed by atoms with E-state index in [1.165, 1.54) is 0 Å². The summed E-state index contributed by atoms with van der Waals surface area (Å²) in [6.07, 6.45) is 3.50. The van der Waals surface area contributed by atoms with E-state index in [4.69, 9.17) is 0 Å². The number of anilines is 1. The van der Waals surface area contributed by atoms with E-state index in [0.717, 1.165) is 48.7 Å². The van der Waals surface area contributed by atoms with Crippen LogP contribution < -0.4 is 5.32 Å². The number of nitrogens with one attached hydrogen (secondary N) is 1. The van der Waals surface area contributed by atoms with Crippen LogP contribution in [0.2, 0.25) is 0 Å². The average molecular weight is 330 g/mol. The van der Waals surface area contributed by atoms with Crippen LogP contribution in [0.4, 0.5) is 5.82 Å². The molecule has 1 amide bonds. The second-order valence-electron chi connectivity index (χ2n) is 6.12. The first kappa shape index (κ1) is 16.1. The van der Waals surface area contributed by atoms with Crippen molar-refractivity contribution in [2.24, 2.45) is 5.92 Å². The van der Waals surface area contributed by atoms with Crippen LogP contribution in [0.25, 0.3) is 0 Å². The summed E-state index contributed by atoms with van der Waals surface area (Å²) in [6, 6.07) is 3.83. The average Bonchev–Trinajstić information content (AvgIpc) is 2.93. The number of pyridine rings is 1. The van der Waals surface area contributed by atoms with E-state index < -0.39 is 0 Å². The molecule has 2 aromatic heterocycles. The Balaban J connectivity index is 1.49. The molecule has 0 saturated carbocycles. The molecule has 1 N–H and O–H groups in total. The molecule has 2 aromatic rings. The Bertz CT molecular complexity index is 677. The first-order chi connectivity index (χ1) is 11.1. The lowest BCUT2D eigenvalue weighted by atomic mass is 9.96. The lowest BCUT2D eigenvalue weighted by Crippen LogP contribution is -2.37. The van der Waals surface area contributed by atoms with E-state index in [-0.39, 0.29) is 11.8 Å². The van der Waals surface area contributed by atoms with Crippen molar-refractivity contribution >= 4 is 23.1 Å². The highest BCUT2D eigenvalue weighted by Crippen LogP contribution is 2.21. The van der Waals surface area contributed by atoms with E-state index in [2.05, 4.69) is 25.6 Å². The van der Waals surface area contributed by atoms with Gasteiger partial charge in [-0.3, -0.25) is 9.69 Å². The maximum Gasteiger partial charge on any atom is 0.228 e. The van der Waals surface area contributed by atoms with E-state index >= 15 is 0 Å². The van der Waals surface area contributed by atoms with Crippen LogP contribution in [-0.4, -0.2) is 33.9 Å². The highest BCUT2D eigenvalue weighted by molar-refractivity contribution is 7.09. The van der Waals surface area contributed by atoms with Crippen LogP contribution in [0.15, 0.2) is 23.7 Å². The van der Waals surface area contributed by atoms with Crippen molar-refractivity contribution in [2.75, 3.05) is 18.4 Å². The Hall–Kier alpha value is -1.79. The van der Waals surface area contributed by atoms with Crippen LogP contribution in [0, 0.1) is 19.8 Å². The monoisotopic (exact) mass is 330 g/mol. The van der Waals surface area contributed by atoms with Crippen molar-refractivity contribution in [3.63, 3.8) is 0 Å². The molecular weight excluding hydrogens is 308 g/mol. The molecular formula is C17H22N4OS. The van der Waals surface area contributed by atoms with Crippen LogP contribution in [0.1, 0.15) is 29.1 Å². The predicted octanol–water partition coefficient (Wildman–Crippen LogP) is 3.01. The van der Waals surface area contributed by atoms with Crippen molar-refractivity contribution in [3.8, 4) is 0 Å². The van der Waals surface area contributed by atoms with Crippen LogP contribution in [0.5, 0.6) is 0 Å². The van der Waals surface area contributed by atoms with Gasteiger partial charge in [-0.2, -0.15) is 0 Å². The molecule has 122 valence electrons. The zero-order valence-corrected chi connectivity index (χ0v) is 14.4. The Morgan fingerprint density at radius 2 is 2.17 bits per heavy atom. The van der Waals surface area contributed by atoms with Crippen LogP contribution in [0.3, 0.4) is 0 Å². The number of aromatic nitrogens is 2. The number of amides is 1. The molecule has 3 heterocycles. The molecule has 23 heavy (non-hydrogen) atoms. The summed E-state index contributed by atoms with van der Waals surface area (Å²) in [7, 11) is 0. The molecule has 0 bridgehead atoms. The van der Waals surface area contributed by atoms with Gasteiger partial charge in [-0.1, -0.05) is 0 Å². The van der Waals surface area contributed by atoms with Gasteiger partial charge in [0, 0.05) is 24.0 Å². The number of carbonyl (C=O) groups excluding carboxylic acids is 1. The molecule has 0 unspecified atom stereocenters. The van der Waals surface area contributed by atoms with Gasteiger partial charge in [0.2, 0.25) is 5.91 Å². The fourth-order valence-electron chi connectivity index (χ4n) is 2.90. The molecule has 0 spiro atoms. The fourth-order valence-corrected chi connectivity index (χ4v) is 3.50. The number of nitrogens with zero attached hydrogens (tertiary/aromatic N) is 3. The second kappa shape index (κ2) is 7.19. The third-order valence-electron chi connectivity index (χ3n) is 4.18. The van der Waals surface area contributed by atoms with E-state index in [1.807, 2.05) is 26.0 Å². The highest BCUT2D eigenvalue weighted by atomic mass is 32.1. The smallest absolute Gasteiger partial charge is 0.228 e. The number of hydrogen-bond acceptors (Lipinski definition) is 5. The third-order valence-corrected chi connectivity index (χ3v) is 5.00. The highest BCUT2D eigenvalue weighted by Gasteiger charge is 2.25. The van der Waals surface area contributed by atoms with Crippen molar-refractivity contribution in [3.05, 3.63) is 40.0 Å². The van der Waals surface area contributed by atoms with Crippen LogP contribution >= 0.6 is 11.3 Å². The molecule has 1 fully saturated rings. The Morgan fingerprint density at radius 3 is 2.83 bits per heavy atom. The number of thiazole rings is 1. The molecule has 6 heteroatoms. The minimum atomic E-state index is 0.0748. The minimum Gasteiger partial charge on any atom is -0.310 e. The fraction of sp³-hybridized carbons (Fsp3) is 0.471. The standard InChI is InChI=1S/C17H22N4OS/c1-12-3-6-18-16(9-12)20-17(22)14-4-7-21(8-5-14)10-15-11-23-13(2)19-15/h3,6,9,11,14H,4-5,7-8,10H2,1-2H3,(H,18,20,22). The third kappa shape index (κ3) is 4.36. The molecule has 0 aromatic carbocycles. The van der Waals surface area contributed by atoms with E-state index in [9.17, 15) is 4.79 Å². The zero-order valence-electron chi connectivity index (χ0n) is 13.6. The van der Waals surface area contributed by atoms with Crippen molar-refractivity contribution < 1.29 is 4.79 Å². The molecule has 1 aliphatic rings. The normalized spacial score (nSPS) is 16.4. The van der Waals surface area contributed by atoms with Crippen molar-refractivity contribution in [1.82, 2.24) is 14.9 Å². The number of rotatable bonds is 4. The van der Waals surface area contributed by atoms with Gasteiger partial charge in [0.05, 0.1) is 10.7 Å². The summed E-state index contributed by atoms with van der Waals surface area (Å²) in [5.74, 6) is 0.813. The Labute approximate surface area is 140 Å². The molecule has 5 nitrogen and oxygen atoms in total. The Kier molecular flexibility index (Phi) is 5.03. The van der Waals surface area contributed by atoms with Gasteiger partial charge in [0.1, 0.15) is 5.82 Å². The van der Waals surface area contributed by atoms with Gasteiger partial charge < -0.3 is 5.32 Å². The lowest BCUT2D eigenvalue weighted by molar-refractivity contribution is -0.121. The quantitative estimate of drug-likeness (QED) is 0.936. The van der Waals surface area contributed by atoms with E-state index in [0.29, 0.717) is 5.82 Å². The zero-order chi connectivity index (χ0) is 16.2. The molecule has 0 atom stereocenters. The molecule has 0 radical (unpaired) electrons. The first-order valence-corrected chi connectivity index (χ1v) is 8.85. The predicted molar refractivity (Wildman–Crippen MR) is 92.5 cm³/mol. The van der Waals surface area contributed by atoms with Crippen molar-refractivity contribution in [2.45, 2.75) is 33.2 Å². The Morgan fingerprint density at radius 1 is 1.39 bits per heavy atom. The molecule has 1 saturated heterocycles. The number of aryl methyl sites for hydroxylation is 2. The summed E-state index contributed by atoms with van der Waals surface area (Å²) >= 11 is 1.69. The van der Waals surface area contributed by atoms with Gasteiger partial charge in [-0.05, 0) is 57.5 Å². The topological polar surface area (TPSA) is 58.1 Å². The molecule has 3 rings (SSSR count). The maximum absolute atomic E-state index is 12.4. The van der Waals surface area contributed by atoms with Gasteiger partial charge >= 0.3 is 0 Å². The summed E-state index contributed by atoms with van der Waals surface area (Å²) in [6.45, 7) is 6.80. The van der Waals surface area contributed by atoms with Gasteiger partial charge in [0.25, 0.3) is 0 Å². The van der Waals surface area contributed by atoms with Crippen LogP contribution in [-0.2, 0) is 11.3 Å². The number of hydrogen-bond donors (Lipinski definition) is 1. The molecule has 0 aliphatic carbocycles. The van der Waals surface area contributed by atoms with Gasteiger partial charge in [-0.25, -0.2) is 9.97 Å². The van der Waals surface area contributed by atoms with Gasteiger partial charge in [0.15, 0.2) is 0 Å². The largest absolute Gasteiger partial charge is 0.310 e. The van der Waals surface area contributed by atoms with Crippen molar-refractivity contribution in [1.29, 1.82) is 0 Å². The number of piperidine rings is 1. The summed E-state index contributed by atoms with van der Waals surface area (Å²) in [4.78, 5) is 23.5. The SMILES string of the molecule is Cc1ccnc(NC(=O)C2CCN(Cc3csc(C)n3)CC2)c1. The first-order valence-electron chi connectivity index (χ1n) is 7.97. The summed E-state index contributed by atoms with van der Waals surface area (Å²) < 4.78 is 0. The lowest BCUT2D eigenvalue weighted by Gasteiger charge is -2.30. The maximum atomic E-state index is 12.4. The minimum absolute atomic E-state index is 0.0748. The summed E-state index contributed by atoms with van der Waals surface area (Å²) in [5, 5.41) is 6.17. The molecule has 1 aliphatic heterocycles. The van der Waals surface area contributed by atoms with E-state index in [1.54, 1.807) is 17.5 Å². The van der Waals surface area contributed by atoms with Gasteiger partial charge in [-0.15, -0.1) is 11.3 Å². The number of carbonyl (C=O) groups is 1. The number of likely N-dealkylation sites (tertiary alicyclic amines) is 1.